The van der Waals surface area contributed by atoms with Crippen LogP contribution < -0.4 is 11.1 Å². The molecule has 0 radical (unpaired) electrons. The van der Waals surface area contributed by atoms with Gasteiger partial charge in [-0.05, 0) is 6.07 Å². The standard InChI is InChI=1S/C10H14ClN3O3S/c1-2-18(16,17)4-3-13-10(15)7-5-9(11)14-6-8(7)12/h5-6H,2-4,12H2,1H3,(H,13,15). The number of nitrogens with zero attached hydrogens (tertiary/aromatic N) is 1. The Kier molecular flexibility index (Phi) is 4.92. The van der Waals surface area contributed by atoms with Crippen molar-refractivity contribution in [3.05, 3.63) is 23.0 Å². The zero-order chi connectivity index (χ0) is 13.8. The fourth-order valence-electron chi connectivity index (χ4n) is 1.20. The predicted molar refractivity (Wildman–Crippen MR) is 70.3 cm³/mol. The molecular formula is C10H14ClN3O3S. The van der Waals surface area contributed by atoms with Crippen molar-refractivity contribution >= 4 is 33.0 Å². The lowest BCUT2D eigenvalue weighted by Crippen LogP contribution is -2.30. The zero-order valence-corrected chi connectivity index (χ0v) is 11.4. The number of hydrogen-bond donors (Lipinski definition) is 2. The second-order valence-electron chi connectivity index (χ2n) is 3.59. The van der Waals surface area contributed by atoms with Gasteiger partial charge in [-0.25, -0.2) is 13.4 Å². The van der Waals surface area contributed by atoms with Crippen molar-refractivity contribution < 1.29 is 13.2 Å². The summed E-state index contributed by atoms with van der Waals surface area (Å²) in [7, 11) is -3.10. The van der Waals surface area contributed by atoms with Crippen LogP contribution >= 0.6 is 11.6 Å². The van der Waals surface area contributed by atoms with Crippen molar-refractivity contribution in [3.63, 3.8) is 0 Å². The number of nitrogens with two attached hydrogens (primary N) is 1. The van der Waals surface area contributed by atoms with E-state index in [1.807, 2.05) is 0 Å². The van der Waals surface area contributed by atoms with E-state index in [1.165, 1.54) is 12.3 Å². The molecule has 0 atom stereocenters. The number of hydrogen-bond acceptors (Lipinski definition) is 5. The highest BCUT2D eigenvalue weighted by molar-refractivity contribution is 7.91. The number of rotatable bonds is 5. The number of carbonyl (C=O) groups is 1. The Hall–Kier alpha value is -1.34. The van der Waals surface area contributed by atoms with Gasteiger partial charge >= 0.3 is 0 Å². The molecule has 1 heterocycles. The van der Waals surface area contributed by atoms with E-state index in [0.717, 1.165) is 0 Å². The summed E-state index contributed by atoms with van der Waals surface area (Å²) >= 11 is 5.65. The summed E-state index contributed by atoms with van der Waals surface area (Å²) in [5, 5.41) is 2.62. The van der Waals surface area contributed by atoms with Crippen LogP contribution in [0.1, 0.15) is 17.3 Å². The molecular weight excluding hydrogens is 278 g/mol. The van der Waals surface area contributed by atoms with Crippen LogP contribution in [0.15, 0.2) is 12.3 Å². The van der Waals surface area contributed by atoms with Gasteiger partial charge in [-0.1, -0.05) is 18.5 Å². The molecule has 0 aromatic carbocycles. The first-order chi connectivity index (χ1) is 8.35. The van der Waals surface area contributed by atoms with Crippen LogP contribution in [0.4, 0.5) is 5.69 Å². The van der Waals surface area contributed by atoms with Gasteiger partial charge in [-0.2, -0.15) is 0 Å². The molecule has 0 aliphatic carbocycles. The van der Waals surface area contributed by atoms with Crippen LogP contribution in [-0.4, -0.2) is 37.4 Å². The molecule has 0 unspecified atom stereocenters. The van der Waals surface area contributed by atoms with Gasteiger partial charge in [0, 0.05) is 12.3 Å². The van der Waals surface area contributed by atoms with Crippen LogP contribution in [-0.2, 0) is 9.84 Å². The van der Waals surface area contributed by atoms with E-state index in [4.69, 9.17) is 17.3 Å². The number of halogens is 1. The van der Waals surface area contributed by atoms with Gasteiger partial charge in [0.05, 0.1) is 23.2 Å². The Morgan fingerprint density at radius 1 is 1.56 bits per heavy atom. The molecule has 0 bridgehead atoms. The van der Waals surface area contributed by atoms with Gasteiger partial charge in [0.1, 0.15) is 5.15 Å². The van der Waals surface area contributed by atoms with Gasteiger partial charge in [0.25, 0.3) is 5.91 Å². The van der Waals surface area contributed by atoms with E-state index < -0.39 is 15.7 Å². The highest BCUT2D eigenvalue weighted by Crippen LogP contribution is 2.14. The maximum absolute atomic E-state index is 11.7. The maximum Gasteiger partial charge on any atom is 0.253 e. The fourth-order valence-corrected chi connectivity index (χ4v) is 2.06. The van der Waals surface area contributed by atoms with Gasteiger partial charge in [0.15, 0.2) is 9.84 Å². The van der Waals surface area contributed by atoms with Crippen molar-refractivity contribution in [2.45, 2.75) is 6.92 Å². The van der Waals surface area contributed by atoms with E-state index in [9.17, 15) is 13.2 Å². The van der Waals surface area contributed by atoms with Gasteiger partial charge in [-0.3, -0.25) is 4.79 Å². The van der Waals surface area contributed by atoms with Crippen LogP contribution in [0.5, 0.6) is 0 Å². The largest absolute Gasteiger partial charge is 0.397 e. The van der Waals surface area contributed by atoms with E-state index in [1.54, 1.807) is 6.92 Å². The number of anilines is 1. The highest BCUT2D eigenvalue weighted by Gasteiger charge is 2.12. The second-order valence-corrected chi connectivity index (χ2v) is 6.45. The molecule has 0 saturated carbocycles. The summed E-state index contributed by atoms with van der Waals surface area (Å²) < 4.78 is 22.5. The Morgan fingerprint density at radius 2 is 2.22 bits per heavy atom. The first kappa shape index (κ1) is 14.7. The lowest BCUT2D eigenvalue weighted by atomic mass is 10.2. The Balaban J connectivity index is 2.64. The summed E-state index contributed by atoms with van der Waals surface area (Å²) in [5.74, 6) is -0.525. The third-order valence-corrected chi connectivity index (χ3v) is 4.20. The summed E-state index contributed by atoms with van der Waals surface area (Å²) in [6.45, 7) is 1.59. The van der Waals surface area contributed by atoms with E-state index >= 15 is 0 Å². The molecule has 1 rings (SSSR count). The third kappa shape index (κ3) is 4.15. The van der Waals surface area contributed by atoms with Crippen LogP contribution in [0, 0.1) is 0 Å². The minimum Gasteiger partial charge on any atom is -0.397 e. The first-order valence-electron chi connectivity index (χ1n) is 5.25. The van der Waals surface area contributed by atoms with E-state index in [0.29, 0.717) is 0 Å². The number of nitrogen functional groups attached to an aromatic ring is 1. The minimum atomic E-state index is -3.10. The first-order valence-corrected chi connectivity index (χ1v) is 7.45. The monoisotopic (exact) mass is 291 g/mol. The summed E-state index contributed by atoms with van der Waals surface area (Å²) in [5.41, 5.74) is 5.95. The number of pyridine rings is 1. The lowest BCUT2D eigenvalue weighted by Gasteiger charge is -2.07. The van der Waals surface area contributed by atoms with Crippen molar-refractivity contribution in [2.24, 2.45) is 0 Å². The maximum atomic E-state index is 11.7. The molecule has 6 nitrogen and oxygen atoms in total. The van der Waals surface area contributed by atoms with E-state index in [-0.39, 0.29) is 34.5 Å². The topological polar surface area (TPSA) is 102 Å². The molecule has 1 aromatic heterocycles. The highest BCUT2D eigenvalue weighted by atomic mass is 35.5. The molecule has 1 amide bonds. The van der Waals surface area contributed by atoms with Crippen molar-refractivity contribution in [1.82, 2.24) is 10.3 Å². The Labute approximate surface area is 110 Å². The molecule has 8 heteroatoms. The Bertz CT molecular complexity index is 545. The lowest BCUT2D eigenvalue weighted by molar-refractivity contribution is 0.0957. The normalized spacial score (nSPS) is 11.2. The Morgan fingerprint density at radius 3 is 2.83 bits per heavy atom. The predicted octanol–water partition coefficient (Wildman–Crippen LogP) is 0.482. The van der Waals surface area contributed by atoms with Gasteiger partial charge in [-0.15, -0.1) is 0 Å². The van der Waals surface area contributed by atoms with E-state index in [2.05, 4.69) is 10.3 Å². The number of nitrogens with one attached hydrogen (secondary N) is 1. The van der Waals surface area contributed by atoms with Gasteiger partial charge in [0.2, 0.25) is 0 Å². The molecule has 0 saturated heterocycles. The molecule has 0 aliphatic heterocycles. The second kappa shape index (κ2) is 6.01. The third-order valence-electron chi connectivity index (χ3n) is 2.28. The molecule has 3 N–H and O–H groups in total. The average molecular weight is 292 g/mol. The van der Waals surface area contributed by atoms with Crippen molar-refractivity contribution in [2.75, 3.05) is 23.8 Å². The molecule has 100 valence electrons. The quantitative estimate of drug-likeness (QED) is 0.768. The number of carbonyl (C=O) groups excluding carboxylic acids is 1. The van der Waals surface area contributed by atoms with Crippen LogP contribution in [0.2, 0.25) is 5.15 Å². The summed E-state index contributed by atoms with van der Waals surface area (Å²) in [6, 6.07) is 1.33. The van der Waals surface area contributed by atoms with Crippen LogP contribution in [0.3, 0.4) is 0 Å². The molecule has 0 aliphatic rings. The minimum absolute atomic E-state index is 0.0361. The summed E-state index contributed by atoms with van der Waals surface area (Å²) in [4.78, 5) is 15.4. The fraction of sp³-hybridized carbons (Fsp3) is 0.400. The molecule has 0 fully saturated rings. The average Bonchev–Trinajstić information content (AvgIpc) is 2.32. The SMILES string of the molecule is CCS(=O)(=O)CCNC(=O)c1cc(Cl)ncc1N. The smallest absolute Gasteiger partial charge is 0.253 e. The molecule has 1 aromatic rings. The summed E-state index contributed by atoms with van der Waals surface area (Å²) in [6.07, 6.45) is 1.28. The number of aromatic nitrogens is 1. The number of sulfone groups is 1. The molecule has 0 spiro atoms. The van der Waals surface area contributed by atoms with Crippen molar-refractivity contribution in [1.29, 1.82) is 0 Å². The molecule has 18 heavy (non-hydrogen) atoms. The van der Waals surface area contributed by atoms with Gasteiger partial charge < -0.3 is 11.1 Å². The van der Waals surface area contributed by atoms with Crippen LogP contribution in [0.25, 0.3) is 0 Å². The zero-order valence-electron chi connectivity index (χ0n) is 9.81. The number of amides is 1. The van der Waals surface area contributed by atoms with Crippen molar-refractivity contribution in [3.8, 4) is 0 Å².